The van der Waals surface area contributed by atoms with E-state index < -0.39 is 30.2 Å². The van der Waals surface area contributed by atoms with Crippen molar-refractivity contribution in [1.82, 2.24) is 20.3 Å². The highest BCUT2D eigenvalue weighted by atomic mass is 32.1. The minimum absolute atomic E-state index is 0.104. The summed E-state index contributed by atoms with van der Waals surface area (Å²) in [5.41, 5.74) is 13.0. The van der Waals surface area contributed by atoms with Gasteiger partial charge >= 0.3 is 11.9 Å². The number of piperidine rings is 1. The third-order valence-corrected chi connectivity index (χ3v) is 6.80. The molecule has 1 aromatic rings. The number of hydrogen-bond donors (Lipinski definition) is 4. The van der Waals surface area contributed by atoms with Gasteiger partial charge < -0.3 is 26.2 Å². The number of guanidine groups is 1. The van der Waals surface area contributed by atoms with E-state index in [1.807, 2.05) is 20.8 Å². The summed E-state index contributed by atoms with van der Waals surface area (Å²) in [6, 6.07) is -1.55. The van der Waals surface area contributed by atoms with Crippen LogP contribution >= 0.6 is 11.3 Å². The van der Waals surface area contributed by atoms with Crippen molar-refractivity contribution in [2.45, 2.75) is 79.2 Å². The Kier molecular flexibility index (Phi) is 14.6. The van der Waals surface area contributed by atoms with Crippen LogP contribution in [0.2, 0.25) is 0 Å². The lowest BCUT2D eigenvalue weighted by atomic mass is 9.88. The number of carbonyl (C=O) groups is 5. The van der Waals surface area contributed by atoms with Crippen molar-refractivity contribution in [3.63, 3.8) is 0 Å². The molecule has 1 fully saturated rings. The molecule has 0 aromatic carbocycles. The number of carboxylic acids is 1. The molecule has 1 atom stereocenters. The summed E-state index contributed by atoms with van der Waals surface area (Å²) in [7, 11) is 0. The number of aliphatic imine (C=N–C) groups is 1. The van der Waals surface area contributed by atoms with Gasteiger partial charge in [0.2, 0.25) is 16.9 Å². The van der Waals surface area contributed by atoms with Crippen LogP contribution in [0.5, 0.6) is 0 Å². The lowest BCUT2D eigenvalue weighted by Crippen LogP contribution is -2.55. The summed E-state index contributed by atoms with van der Waals surface area (Å²) in [6.07, 6.45) is 4.21. The molecule has 2 heterocycles. The first-order valence-electron chi connectivity index (χ1n) is 13.6. The molecule has 2 rings (SSSR count). The van der Waals surface area contributed by atoms with E-state index in [4.69, 9.17) is 16.2 Å². The predicted molar refractivity (Wildman–Crippen MR) is 159 cm³/mol. The van der Waals surface area contributed by atoms with E-state index in [0.717, 1.165) is 50.4 Å². The second-order valence-corrected chi connectivity index (χ2v) is 11.4. The van der Waals surface area contributed by atoms with Gasteiger partial charge in [0.1, 0.15) is 5.69 Å². The van der Waals surface area contributed by atoms with Gasteiger partial charge in [0.25, 0.3) is 5.91 Å². The molecule has 1 aliphatic rings. The number of esters is 1. The van der Waals surface area contributed by atoms with Crippen LogP contribution in [0.15, 0.2) is 22.5 Å². The van der Waals surface area contributed by atoms with Gasteiger partial charge in [-0.3, -0.25) is 19.8 Å². The van der Waals surface area contributed by atoms with Crippen LogP contribution in [-0.4, -0.2) is 81.4 Å². The Balaban J connectivity index is 0.000000572. The van der Waals surface area contributed by atoms with E-state index in [9.17, 15) is 29.1 Å². The smallest absolute Gasteiger partial charge is 0.333 e. The average Bonchev–Trinajstić information content (AvgIpc) is 3.38. The number of aliphatic carboxylic acids is 1. The van der Waals surface area contributed by atoms with E-state index in [1.165, 1.54) is 5.38 Å². The number of nitrogens with two attached hydrogens (primary N) is 2. The molecule has 15 heteroatoms. The minimum Gasteiger partial charge on any atom is -0.480 e. The number of thiazole rings is 1. The van der Waals surface area contributed by atoms with Gasteiger partial charge in [-0.1, -0.05) is 40.7 Å². The fourth-order valence-corrected chi connectivity index (χ4v) is 4.19. The van der Waals surface area contributed by atoms with Crippen LogP contribution in [0.1, 0.15) is 83.6 Å². The highest BCUT2D eigenvalue weighted by Crippen LogP contribution is 2.24. The van der Waals surface area contributed by atoms with Gasteiger partial charge in [0, 0.05) is 31.0 Å². The van der Waals surface area contributed by atoms with Crippen LogP contribution in [0.25, 0.3) is 0 Å². The van der Waals surface area contributed by atoms with Crippen molar-refractivity contribution in [1.29, 1.82) is 0 Å². The number of carbonyl (C=O) groups excluding carboxylic acids is 4. The number of rotatable bonds is 10. The maximum atomic E-state index is 12.5. The Morgan fingerprint density at radius 2 is 1.83 bits per heavy atom. The Bertz CT molecular complexity index is 1150. The topological polar surface area (TPSA) is 211 Å². The molecule has 6 N–H and O–H groups in total. The first kappa shape index (κ1) is 36.0. The van der Waals surface area contributed by atoms with Gasteiger partial charge in [-0.15, -0.1) is 11.3 Å². The highest BCUT2D eigenvalue weighted by molar-refractivity contribution is 7.13. The Morgan fingerprint density at radius 3 is 2.33 bits per heavy atom. The third-order valence-electron chi connectivity index (χ3n) is 6.07. The number of hydrogen-bond acceptors (Lipinski definition) is 9. The zero-order valence-electron chi connectivity index (χ0n) is 25.0. The van der Waals surface area contributed by atoms with Crippen LogP contribution in [0, 0.1) is 5.41 Å². The van der Waals surface area contributed by atoms with Gasteiger partial charge in [-0.2, -0.15) is 4.99 Å². The number of unbranched alkanes of at least 4 members (excludes halogenated alkanes) is 1. The molecule has 0 spiro atoms. The monoisotopic (exact) mass is 609 g/mol. The standard InChI is InChI=1S/C16H23N7O5S.C11H20O2/c1-9(24)23(21-13(26)10-8-29-16(19-10)20-15(17)18)11(14(27)28)7-12(25)22-5-3-2-4-6-22;1-6-7-8-13-10(12)9(2)11(3,4)5/h8,11H,2-7H2,1H3,(H,21,26)(H,27,28)(H4,17,18,19,20);2,6-8H2,1,3-5H3/t11-;/m0./s1. The second-order valence-electron chi connectivity index (χ2n) is 10.6. The average molecular weight is 610 g/mol. The molecular weight excluding hydrogens is 566 g/mol. The SMILES string of the molecule is C=C(C(=O)OCCCC)C(C)(C)C.CC(=O)N(NC(=O)c1csc(N=C(N)N)n1)[C@@H](CC(=O)N1CCCCC1)C(=O)O. The summed E-state index contributed by atoms with van der Waals surface area (Å²) >= 11 is 0.986. The van der Waals surface area contributed by atoms with Crippen molar-refractivity contribution in [2.75, 3.05) is 19.7 Å². The number of nitrogens with one attached hydrogen (secondary N) is 1. The molecule has 234 valence electrons. The lowest BCUT2D eigenvalue weighted by Gasteiger charge is -2.31. The molecule has 0 radical (unpaired) electrons. The summed E-state index contributed by atoms with van der Waals surface area (Å²) < 4.78 is 5.03. The molecular formula is C27H43N7O7S. The van der Waals surface area contributed by atoms with Crippen LogP contribution in [0.4, 0.5) is 5.13 Å². The Labute approximate surface area is 250 Å². The first-order valence-corrected chi connectivity index (χ1v) is 14.5. The molecule has 1 aliphatic heterocycles. The van der Waals surface area contributed by atoms with E-state index in [1.54, 1.807) is 4.90 Å². The van der Waals surface area contributed by atoms with Crippen molar-refractivity contribution < 1.29 is 33.8 Å². The molecule has 3 amide bonds. The Morgan fingerprint density at radius 1 is 1.21 bits per heavy atom. The number of hydrazine groups is 1. The number of ether oxygens (including phenoxy) is 1. The fraction of sp³-hybridized carbons (Fsp3) is 0.593. The maximum Gasteiger partial charge on any atom is 0.333 e. The van der Waals surface area contributed by atoms with Crippen molar-refractivity contribution in [3.05, 3.63) is 23.2 Å². The molecule has 42 heavy (non-hydrogen) atoms. The number of amides is 3. The van der Waals surface area contributed by atoms with Gasteiger partial charge in [-0.05, 0) is 31.1 Å². The van der Waals surface area contributed by atoms with Crippen LogP contribution in [0.3, 0.4) is 0 Å². The summed E-state index contributed by atoms with van der Waals surface area (Å²) in [6.45, 7) is 14.3. The molecule has 14 nitrogen and oxygen atoms in total. The fourth-order valence-electron chi connectivity index (χ4n) is 3.50. The first-order chi connectivity index (χ1) is 19.6. The number of likely N-dealkylation sites (tertiary alicyclic amines) is 1. The van der Waals surface area contributed by atoms with Gasteiger partial charge in [-0.25, -0.2) is 19.6 Å². The van der Waals surface area contributed by atoms with Crippen LogP contribution in [-0.2, 0) is 23.9 Å². The summed E-state index contributed by atoms with van der Waals surface area (Å²) in [4.78, 5) is 69.1. The van der Waals surface area contributed by atoms with Gasteiger partial charge in [0.15, 0.2) is 12.0 Å². The van der Waals surface area contributed by atoms with Crippen molar-refractivity contribution >= 4 is 52.1 Å². The number of aromatic nitrogens is 1. The van der Waals surface area contributed by atoms with E-state index in [0.29, 0.717) is 30.3 Å². The van der Waals surface area contributed by atoms with Crippen molar-refractivity contribution in [2.24, 2.45) is 21.9 Å². The zero-order valence-corrected chi connectivity index (χ0v) is 25.8. The zero-order chi connectivity index (χ0) is 32.0. The van der Waals surface area contributed by atoms with E-state index in [2.05, 4.69) is 28.9 Å². The highest BCUT2D eigenvalue weighted by Gasteiger charge is 2.34. The maximum absolute atomic E-state index is 12.5. The minimum atomic E-state index is -1.55. The molecule has 1 saturated heterocycles. The second kappa shape index (κ2) is 17.1. The normalized spacial score (nSPS) is 13.5. The van der Waals surface area contributed by atoms with E-state index in [-0.39, 0.29) is 34.1 Å². The largest absolute Gasteiger partial charge is 0.480 e. The quantitative estimate of drug-likeness (QED) is 0.0759. The number of nitrogens with zero attached hydrogens (tertiary/aromatic N) is 4. The Hall–Kier alpha value is -4.01. The van der Waals surface area contributed by atoms with Crippen LogP contribution < -0.4 is 16.9 Å². The van der Waals surface area contributed by atoms with Crippen molar-refractivity contribution in [3.8, 4) is 0 Å². The lowest BCUT2D eigenvalue weighted by molar-refractivity contribution is -0.154. The van der Waals surface area contributed by atoms with E-state index >= 15 is 0 Å². The third kappa shape index (κ3) is 12.2. The number of carboxylic acid groups (broad SMARTS) is 1. The van der Waals surface area contributed by atoms with Gasteiger partial charge in [0.05, 0.1) is 13.0 Å². The molecule has 0 unspecified atom stereocenters. The summed E-state index contributed by atoms with van der Waals surface area (Å²) in [5, 5.41) is 11.7. The molecule has 0 aliphatic carbocycles. The summed E-state index contributed by atoms with van der Waals surface area (Å²) in [5.74, 6) is -3.87. The molecule has 1 aromatic heterocycles. The molecule has 0 saturated carbocycles. The molecule has 0 bridgehead atoms. The predicted octanol–water partition coefficient (Wildman–Crippen LogP) is 2.33.